The largest absolute Gasteiger partial charge is 0.492 e. The number of carbonyl (C=O) groups excluding carboxylic acids is 2. The van der Waals surface area contributed by atoms with Crippen LogP contribution in [0.1, 0.15) is 12.5 Å². The molecule has 1 fully saturated rings. The second kappa shape index (κ2) is 7.75. The zero-order valence-corrected chi connectivity index (χ0v) is 15.6. The number of thioether (sulfide) groups is 1. The molecule has 23 heavy (non-hydrogen) atoms. The Morgan fingerprint density at radius 1 is 1.43 bits per heavy atom. The van der Waals surface area contributed by atoms with Gasteiger partial charge in [-0.15, -0.1) is 6.42 Å². The highest BCUT2D eigenvalue weighted by atomic mass is 127. The third kappa shape index (κ3) is 3.82. The van der Waals surface area contributed by atoms with Crippen molar-refractivity contribution in [2.24, 2.45) is 0 Å². The summed E-state index contributed by atoms with van der Waals surface area (Å²) in [5.41, 5.74) is 0.754. The quantitative estimate of drug-likeness (QED) is 0.397. The van der Waals surface area contributed by atoms with Crippen molar-refractivity contribution in [3.05, 3.63) is 26.2 Å². The Balaban J connectivity index is 2.38. The molecule has 2 rings (SSSR count). The molecule has 0 unspecified atom stereocenters. The zero-order chi connectivity index (χ0) is 17.0. The SMILES string of the molecule is C#CCN1C(=O)SC(=Cc2cc(I)c(OC)c(OCC)c2)C1=O. The van der Waals surface area contributed by atoms with E-state index in [1.165, 1.54) is 0 Å². The van der Waals surface area contributed by atoms with E-state index in [4.69, 9.17) is 15.9 Å². The molecule has 1 aliphatic rings. The number of amides is 2. The normalized spacial score (nSPS) is 15.9. The molecule has 1 saturated heterocycles. The van der Waals surface area contributed by atoms with Gasteiger partial charge in [0.1, 0.15) is 0 Å². The number of hydrogen-bond donors (Lipinski definition) is 0. The van der Waals surface area contributed by atoms with Crippen LogP contribution in [0, 0.1) is 15.9 Å². The molecule has 1 aromatic carbocycles. The first-order valence-corrected chi connectivity index (χ1v) is 8.60. The minimum Gasteiger partial charge on any atom is -0.492 e. The number of methoxy groups -OCH3 is 1. The monoisotopic (exact) mass is 443 g/mol. The summed E-state index contributed by atoms with van der Waals surface area (Å²) in [5, 5.41) is -0.354. The first-order valence-electron chi connectivity index (χ1n) is 6.71. The van der Waals surface area contributed by atoms with Crippen LogP contribution in [0.25, 0.3) is 6.08 Å². The molecule has 0 saturated carbocycles. The lowest BCUT2D eigenvalue weighted by Gasteiger charge is -2.12. The summed E-state index contributed by atoms with van der Waals surface area (Å²) in [7, 11) is 1.57. The Kier molecular flexibility index (Phi) is 5.96. The van der Waals surface area contributed by atoms with Crippen LogP contribution in [-0.2, 0) is 4.79 Å². The topological polar surface area (TPSA) is 55.8 Å². The van der Waals surface area contributed by atoms with Gasteiger partial charge < -0.3 is 9.47 Å². The molecule has 0 radical (unpaired) electrons. The molecule has 0 atom stereocenters. The van der Waals surface area contributed by atoms with Crippen LogP contribution in [0.4, 0.5) is 4.79 Å². The number of carbonyl (C=O) groups is 2. The molecule has 0 aliphatic carbocycles. The maximum atomic E-state index is 12.2. The maximum Gasteiger partial charge on any atom is 0.294 e. The van der Waals surface area contributed by atoms with Gasteiger partial charge in [0.25, 0.3) is 11.1 Å². The van der Waals surface area contributed by atoms with E-state index in [-0.39, 0.29) is 17.7 Å². The van der Waals surface area contributed by atoms with Crippen LogP contribution in [-0.4, -0.2) is 36.3 Å². The summed E-state index contributed by atoms with van der Waals surface area (Å²) in [6.07, 6.45) is 6.84. The molecular weight excluding hydrogens is 429 g/mol. The second-order valence-electron chi connectivity index (χ2n) is 4.44. The van der Waals surface area contributed by atoms with E-state index >= 15 is 0 Å². The predicted molar refractivity (Wildman–Crippen MR) is 98.4 cm³/mol. The van der Waals surface area contributed by atoms with E-state index in [2.05, 4.69) is 28.5 Å². The van der Waals surface area contributed by atoms with Gasteiger partial charge in [-0.1, -0.05) is 5.92 Å². The Hall–Kier alpha value is -1.66. The minimum absolute atomic E-state index is 0.0215. The van der Waals surface area contributed by atoms with Gasteiger partial charge in [-0.2, -0.15) is 0 Å². The lowest BCUT2D eigenvalue weighted by molar-refractivity contribution is -0.122. The van der Waals surface area contributed by atoms with Crippen LogP contribution >= 0.6 is 34.4 Å². The fourth-order valence-corrected chi connectivity index (χ4v) is 3.70. The molecule has 0 bridgehead atoms. The average Bonchev–Trinajstić information content (AvgIpc) is 2.75. The highest BCUT2D eigenvalue weighted by Crippen LogP contribution is 2.37. The third-order valence-electron chi connectivity index (χ3n) is 2.96. The van der Waals surface area contributed by atoms with E-state index in [1.54, 1.807) is 19.3 Å². The van der Waals surface area contributed by atoms with E-state index in [1.807, 2.05) is 13.0 Å². The molecule has 0 N–H and O–H groups in total. The molecule has 2 amide bonds. The maximum absolute atomic E-state index is 12.2. The smallest absolute Gasteiger partial charge is 0.294 e. The predicted octanol–water partition coefficient (Wildman–Crippen LogP) is 3.37. The van der Waals surface area contributed by atoms with Gasteiger partial charge in [0.2, 0.25) is 0 Å². The van der Waals surface area contributed by atoms with Crippen LogP contribution in [0.3, 0.4) is 0 Å². The number of halogens is 1. The average molecular weight is 443 g/mol. The molecule has 120 valence electrons. The van der Waals surface area contributed by atoms with Gasteiger partial charge in [0.15, 0.2) is 11.5 Å². The highest BCUT2D eigenvalue weighted by Gasteiger charge is 2.34. The van der Waals surface area contributed by atoms with Crippen LogP contribution in [0.15, 0.2) is 17.0 Å². The van der Waals surface area contributed by atoms with Crippen molar-refractivity contribution >= 4 is 51.6 Å². The van der Waals surface area contributed by atoms with Crippen molar-refractivity contribution in [1.82, 2.24) is 4.90 Å². The number of imide groups is 1. The lowest BCUT2D eigenvalue weighted by Crippen LogP contribution is -2.28. The molecule has 1 heterocycles. The Labute approximate surface area is 152 Å². The van der Waals surface area contributed by atoms with Crippen molar-refractivity contribution < 1.29 is 19.1 Å². The van der Waals surface area contributed by atoms with Crippen LogP contribution < -0.4 is 9.47 Å². The number of terminal acetylenes is 1. The standard InChI is InChI=1S/C16H14INO4S/c1-4-6-18-15(19)13(23-16(18)20)9-10-7-11(17)14(21-3)12(8-10)22-5-2/h1,7-9H,5-6H2,2-3H3. The number of rotatable bonds is 5. The second-order valence-corrected chi connectivity index (χ2v) is 6.59. The summed E-state index contributed by atoms with van der Waals surface area (Å²) >= 11 is 3.01. The minimum atomic E-state index is -0.373. The van der Waals surface area contributed by atoms with E-state index < -0.39 is 0 Å². The fourth-order valence-electron chi connectivity index (χ4n) is 2.01. The number of ether oxygens (including phenoxy) is 2. The fraction of sp³-hybridized carbons (Fsp3) is 0.250. The molecule has 5 nitrogen and oxygen atoms in total. The first kappa shape index (κ1) is 17.7. The van der Waals surface area contributed by atoms with Gasteiger partial charge in [0, 0.05) is 0 Å². The van der Waals surface area contributed by atoms with Crippen molar-refractivity contribution in [3.8, 4) is 23.8 Å². The van der Waals surface area contributed by atoms with Gasteiger partial charge in [-0.3, -0.25) is 14.5 Å². The number of hydrogen-bond acceptors (Lipinski definition) is 5. The molecule has 1 aromatic rings. The summed E-state index contributed by atoms with van der Waals surface area (Å²) < 4.78 is 11.7. The van der Waals surface area contributed by atoms with E-state index in [0.29, 0.717) is 23.0 Å². The van der Waals surface area contributed by atoms with E-state index in [0.717, 1.165) is 25.8 Å². The number of nitrogens with zero attached hydrogens (tertiary/aromatic N) is 1. The summed E-state index contributed by atoms with van der Waals surface area (Å²) in [5.74, 6) is 3.17. The van der Waals surface area contributed by atoms with Gasteiger partial charge in [-0.05, 0) is 65.0 Å². The molecule has 7 heteroatoms. The zero-order valence-electron chi connectivity index (χ0n) is 12.6. The lowest BCUT2D eigenvalue weighted by atomic mass is 10.2. The van der Waals surface area contributed by atoms with Crippen molar-refractivity contribution in [1.29, 1.82) is 0 Å². The van der Waals surface area contributed by atoms with Crippen molar-refractivity contribution in [3.63, 3.8) is 0 Å². The van der Waals surface area contributed by atoms with Crippen LogP contribution in [0.5, 0.6) is 11.5 Å². The third-order valence-corrected chi connectivity index (χ3v) is 4.67. The summed E-state index contributed by atoms with van der Waals surface area (Å²) in [4.78, 5) is 25.4. The summed E-state index contributed by atoms with van der Waals surface area (Å²) in [6.45, 7) is 2.35. The molecule has 0 aromatic heterocycles. The van der Waals surface area contributed by atoms with Gasteiger partial charge in [0.05, 0.1) is 28.7 Å². The first-order chi connectivity index (χ1) is 11.0. The molecule has 1 aliphatic heterocycles. The Morgan fingerprint density at radius 3 is 2.78 bits per heavy atom. The Morgan fingerprint density at radius 2 is 2.17 bits per heavy atom. The van der Waals surface area contributed by atoms with Crippen molar-refractivity contribution in [2.75, 3.05) is 20.3 Å². The molecule has 0 spiro atoms. The summed E-state index contributed by atoms with van der Waals surface area (Å²) in [6, 6.07) is 3.64. The van der Waals surface area contributed by atoms with Crippen molar-refractivity contribution in [2.45, 2.75) is 6.92 Å². The van der Waals surface area contributed by atoms with Gasteiger partial charge in [-0.25, -0.2) is 0 Å². The number of benzene rings is 1. The highest BCUT2D eigenvalue weighted by molar-refractivity contribution is 14.1. The van der Waals surface area contributed by atoms with Gasteiger partial charge >= 0.3 is 0 Å². The van der Waals surface area contributed by atoms with Crippen LogP contribution in [0.2, 0.25) is 0 Å². The molecular formula is C16H14INO4S. The Bertz CT molecular complexity index is 724. The van der Waals surface area contributed by atoms with E-state index in [9.17, 15) is 9.59 Å².